The number of thiophene rings is 1. The summed E-state index contributed by atoms with van der Waals surface area (Å²) in [5.74, 6) is 0. The summed E-state index contributed by atoms with van der Waals surface area (Å²) in [6, 6.07) is 45.0. The molecule has 0 nitrogen and oxygen atoms in total. The molecule has 39 heavy (non-hydrogen) atoms. The quantitative estimate of drug-likeness (QED) is 0.201. The van der Waals surface area contributed by atoms with Gasteiger partial charge in [0.25, 0.3) is 0 Å². The maximum atomic E-state index is 2.45. The molecule has 0 unspecified atom stereocenters. The van der Waals surface area contributed by atoms with Crippen molar-refractivity contribution < 1.29 is 0 Å². The molecule has 1 aromatic heterocycles. The summed E-state index contributed by atoms with van der Waals surface area (Å²) < 4.78 is 2.69. The summed E-state index contributed by atoms with van der Waals surface area (Å²) in [5, 5.41) is 10.6. The van der Waals surface area contributed by atoms with E-state index in [9.17, 15) is 0 Å². The first-order valence-corrected chi connectivity index (χ1v) is 14.3. The van der Waals surface area contributed by atoms with Gasteiger partial charge in [0.1, 0.15) is 0 Å². The van der Waals surface area contributed by atoms with Gasteiger partial charge in [0.2, 0.25) is 0 Å². The minimum Gasteiger partial charge on any atom is -0.135 e. The van der Waals surface area contributed by atoms with Crippen LogP contribution in [0.15, 0.2) is 121 Å². The highest BCUT2D eigenvalue weighted by molar-refractivity contribution is 7.25. The summed E-state index contributed by atoms with van der Waals surface area (Å²) in [6.07, 6.45) is 0. The lowest BCUT2D eigenvalue weighted by Gasteiger charge is -2.18. The van der Waals surface area contributed by atoms with Crippen LogP contribution in [0.25, 0.3) is 74.7 Å². The highest BCUT2D eigenvalue weighted by Gasteiger charge is 2.17. The number of aryl methyl sites for hydroxylation is 2. The van der Waals surface area contributed by atoms with E-state index in [-0.39, 0.29) is 0 Å². The second-order valence-electron chi connectivity index (χ2n) is 10.6. The molecule has 7 aromatic carbocycles. The predicted octanol–water partition coefficient (Wildman–Crippen LogP) is 11.5. The monoisotopic (exact) mass is 514 g/mol. The molecule has 0 spiro atoms. The number of hydrogen-bond acceptors (Lipinski definition) is 1. The Morgan fingerprint density at radius 3 is 1.69 bits per heavy atom. The Hall–Kier alpha value is -4.46. The maximum Gasteiger partial charge on any atom is 0.0355 e. The molecule has 0 atom stereocenters. The lowest BCUT2D eigenvalue weighted by Crippen LogP contribution is -1.93. The fourth-order valence-corrected chi connectivity index (χ4v) is 7.57. The zero-order valence-corrected chi connectivity index (χ0v) is 22.8. The second kappa shape index (κ2) is 8.53. The van der Waals surface area contributed by atoms with E-state index in [0.717, 1.165) is 0 Å². The van der Waals surface area contributed by atoms with Crippen molar-refractivity contribution in [3.8, 4) is 22.3 Å². The van der Waals surface area contributed by atoms with Gasteiger partial charge < -0.3 is 0 Å². The predicted molar refractivity (Wildman–Crippen MR) is 172 cm³/mol. The van der Waals surface area contributed by atoms with Gasteiger partial charge in [-0.3, -0.25) is 0 Å². The van der Waals surface area contributed by atoms with E-state index in [4.69, 9.17) is 0 Å². The van der Waals surface area contributed by atoms with Crippen molar-refractivity contribution in [2.24, 2.45) is 0 Å². The van der Waals surface area contributed by atoms with Crippen LogP contribution < -0.4 is 0 Å². The third-order valence-electron chi connectivity index (χ3n) is 8.32. The first kappa shape index (κ1) is 22.5. The lowest BCUT2D eigenvalue weighted by atomic mass is 9.85. The molecule has 0 N–H and O–H groups in total. The molecule has 0 bridgehead atoms. The Bertz CT molecular complexity index is 2250. The van der Waals surface area contributed by atoms with Crippen LogP contribution in [0, 0.1) is 13.8 Å². The Morgan fingerprint density at radius 2 is 0.974 bits per heavy atom. The van der Waals surface area contributed by atoms with Gasteiger partial charge >= 0.3 is 0 Å². The van der Waals surface area contributed by atoms with E-state index in [0.29, 0.717) is 0 Å². The highest BCUT2D eigenvalue weighted by atomic mass is 32.1. The first-order chi connectivity index (χ1) is 19.2. The molecule has 0 saturated carbocycles. The molecule has 0 aliphatic heterocycles. The van der Waals surface area contributed by atoms with Crippen LogP contribution >= 0.6 is 11.3 Å². The van der Waals surface area contributed by atoms with Crippen LogP contribution in [0.1, 0.15) is 11.1 Å². The molecule has 0 aliphatic rings. The minimum atomic E-state index is 1.27. The standard InChI is InChI=1S/C38H26S/c1-23-10-9-16-26(25-18-19-37-35(21-25)31-15-7-8-17-36(31)39-37)38(23)32-22-34-30-14-6-4-12-28(30)27-11-3-5-13-29(27)33(34)20-24(32)2/h3-22H,1-2H3. The number of rotatable bonds is 2. The van der Waals surface area contributed by atoms with Crippen LogP contribution in [0.2, 0.25) is 0 Å². The Morgan fingerprint density at radius 1 is 0.385 bits per heavy atom. The van der Waals surface area contributed by atoms with Crippen LogP contribution in [0.5, 0.6) is 0 Å². The van der Waals surface area contributed by atoms with Crippen LogP contribution in [-0.2, 0) is 0 Å². The van der Waals surface area contributed by atoms with Crippen molar-refractivity contribution in [3.05, 3.63) is 132 Å². The van der Waals surface area contributed by atoms with Crippen molar-refractivity contribution in [3.63, 3.8) is 0 Å². The molecule has 8 rings (SSSR count). The van der Waals surface area contributed by atoms with E-state index in [1.807, 2.05) is 11.3 Å². The Kier molecular flexibility index (Phi) is 4.92. The lowest BCUT2D eigenvalue weighted by molar-refractivity contribution is 1.42. The van der Waals surface area contributed by atoms with Crippen molar-refractivity contribution in [2.75, 3.05) is 0 Å². The summed E-state index contributed by atoms with van der Waals surface area (Å²) in [7, 11) is 0. The molecule has 1 heteroatoms. The Labute approximate surface area is 231 Å². The van der Waals surface area contributed by atoms with Crippen molar-refractivity contribution in [1.29, 1.82) is 0 Å². The zero-order valence-electron chi connectivity index (χ0n) is 22.0. The fraction of sp³-hybridized carbons (Fsp3) is 0.0526. The average Bonchev–Trinajstić information content (AvgIpc) is 3.35. The first-order valence-electron chi connectivity index (χ1n) is 13.5. The normalized spacial score (nSPS) is 11.8. The van der Waals surface area contributed by atoms with Gasteiger partial charge in [0.05, 0.1) is 0 Å². The molecule has 0 aliphatic carbocycles. The third-order valence-corrected chi connectivity index (χ3v) is 9.47. The third kappa shape index (κ3) is 3.37. The number of hydrogen-bond donors (Lipinski definition) is 0. The van der Waals surface area contributed by atoms with Gasteiger partial charge in [-0.15, -0.1) is 11.3 Å². The van der Waals surface area contributed by atoms with E-state index >= 15 is 0 Å². The van der Waals surface area contributed by atoms with Gasteiger partial charge in [-0.1, -0.05) is 97.1 Å². The summed E-state index contributed by atoms with van der Waals surface area (Å²) in [5.41, 5.74) is 7.81. The van der Waals surface area contributed by atoms with Crippen molar-refractivity contribution >= 4 is 63.8 Å². The van der Waals surface area contributed by atoms with Crippen LogP contribution in [0.3, 0.4) is 0 Å². The Balaban J connectivity index is 1.43. The molecular weight excluding hydrogens is 488 g/mol. The van der Waals surface area contributed by atoms with Crippen LogP contribution in [-0.4, -0.2) is 0 Å². The van der Waals surface area contributed by atoms with E-state index < -0.39 is 0 Å². The number of benzene rings is 7. The SMILES string of the molecule is Cc1cc2c3ccccc3c3ccccc3c2cc1-c1c(C)cccc1-c1ccc2sc3ccccc3c2c1. The summed E-state index contributed by atoms with van der Waals surface area (Å²) in [4.78, 5) is 0. The fourth-order valence-electron chi connectivity index (χ4n) is 6.49. The maximum absolute atomic E-state index is 2.45. The van der Waals surface area contributed by atoms with Gasteiger partial charge in [0.15, 0.2) is 0 Å². The van der Waals surface area contributed by atoms with Gasteiger partial charge in [-0.2, -0.15) is 0 Å². The molecule has 1 heterocycles. The molecule has 0 saturated heterocycles. The van der Waals surface area contributed by atoms with E-state index in [1.54, 1.807) is 0 Å². The van der Waals surface area contributed by atoms with Gasteiger partial charge in [-0.25, -0.2) is 0 Å². The largest absolute Gasteiger partial charge is 0.135 e. The summed E-state index contributed by atoms with van der Waals surface area (Å²) in [6.45, 7) is 4.52. The molecule has 0 fully saturated rings. The molecule has 0 radical (unpaired) electrons. The van der Waals surface area contributed by atoms with Gasteiger partial charge in [-0.05, 0) is 104 Å². The minimum absolute atomic E-state index is 1.27. The van der Waals surface area contributed by atoms with E-state index in [1.165, 1.54) is 85.9 Å². The van der Waals surface area contributed by atoms with E-state index in [2.05, 4.69) is 135 Å². The highest BCUT2D eigenvalue weighted by Crippen LogP contribution is 2.43. The van der Waals surface area contributed by atoms with Crippen molar-refractivity contribution in [1.82, 2.24) is 0 Å². The van der Waals surface area contributed by atoms with Crippen molar-refractivity contribution in [2.45, 2.75) is 13.8 Å². The molecule has 8 aromatic rings. The zero-order chi connectivity index (χ0) is 26.1. The topological polar surface area (TPSA) is 0 Å². The number of fused-ring (bicyclic) bond motifs is 9. The molecule has 0 amide bonds. The van der Waals surface area contributed by atoms with Crippen LogP contribution in [0.4, 0.5) is 0 Å². The summed E-state index contributed by atoms with van der Waals surface area (Å²) >= 11 is 1.88. The average molecular weight is 515 g/mol. The molecule has 184 valence electrons. The van der Waals surface area contributed by atoms with Gasteiger partial charge in [0, 0.05) is 20.2 Å². The smallest absolute Gasteiger partial charge is 0.0355 e. The molecular formula is C38H26S. The second-order valence-corrected chi connectivity index (χ2v) is 11.7.